The van der Waals surface area contributed by atoms with E-state index in [1.54, 1.807) is 7.11 Å². The third-order valence-corrected chi connectivity index (χ3v) is 2.76. The molecule has 0 radical (unpaired) electrons. The van der Waals surface area contributed by atoms with E-state index in [1.165, 1.54) is 0 Å². The van der Waals surface area contributed by atoms with Crippen LogP contribution in [-0.4, -0.2) is 32.3 Å². The molecule has 0 saturated carbocycles. The van der Waals surface area contributed by atoms with Gasteiger partial charge in [-0.25, -0.2) is 0 Å². The first-order valence-electron chi connectivity index (χ1n) is 5.39. The van der Waals surface area contributed by atoms with E-state index in [0.29, 0.717) is 11.8 Å². The molecule has 3 heteroatoms. The Morgan fingerprint density at radius 1 is 1.36 bits per heavy atom. The quantitative estimate of drug-likeness (QED) is 0.653. The molecule has 0 aromatic heterocycles. The van der Waals surface area contributed by atoms with Crippen molar-refractivity contribution in [3.05, 3.63) is 0 Å². The molecule has 0 spiro atoms. The second kappa shape index (κ2) is 6.38. The zero-order valence-electron chi connectivity index (χ0n) is 10.3. The summed E-state index contributed by atoms with van der Waals surface area (Å²) in [5, 5.41) is 3.40. The molecule has 86 valence electrons. The van der Waals surface area contributed by atoms with Crippen molar-refractivity contribution in [2.75, 3.05) is 26.7 Å². The van der Waals surface area contributed by atoms with Crippen molar-refractivity contribution < 1.29 is 4.74 Å². The van der Waals surface area contributed by atoms with Crippen molar-refractivity contribution in [1.29, 1.82) is 0 Å². The number of hydrogen-bond acceptors (Lipinski definition) is 3. The van der Waals surface area contributed by atoms with E-state index in [9.17, 15) is 0 Å². The van der Waals surface area contributed by atoms with E-state index < -0.39 is 0 Å². The summed E-state index contributed by atoms with van der Waals surface area (Å²) >= 11 is 0. The van der Waals surface area contributed by atoms with Crippen LogP contribution < -0.4 is 11.1 Å². The smallest absolute Gasteiger partial charge is 0.0746 e. The number of hydrogen-bond donors (Lipinski definition) is 2. The van der Waals surface area contributed by atoms with Gasteiger partial charge in [0, 0.05) is 13.7 Å². The highest BCUT2D eigenvalue weighted by atomic mass is 16.5. The van der Waals surface area contributed by atoms with Gasteiger partial charge in [-0.1, -0.05) is 13.8 Å². The van der Waals surface area contributed by atoms with Crippen molar-refractivity contribution in [2.24, 2.45) is 17.6 Å². The van der Waals surface area contributed by atoms with Crippen molar-refractivity contribution in [1.82, 2.24) is 5.32 Å². The summed E-state index contributed by atoms with van der Waals surface area (Å²) in [5.74, 6) is 1.20. The second-order valence-corrected chi connectivity index (χ2v) is 4.83. The maximum Gasteiger partial charge on any atom is 0.0746 e. The van der Waals surface area contributed by atoms with Gasteiger partial charge < -0.3 is 15.8 Å². The third-order valence-electron chi connectivity index (χ3n) is 2.76. The molecule has 0 aromatic carbocycles. The molecule has 3 N–H and O–H groups in total. The molecule has 0 heterocycles. The number of nitrogens with one attached hydrogen (secondary N) is 1. The summed E-state index contributed by atoms with van der Waals surface area (Å²) in [6.07, 6.45) is 0. The lowest BCUT2D eigenvalue weighted by Gasteiger charge is -2.26. The number of ether oxygens (including phenoxy) is 1. The minimum atomic E-state index is -0.0872. The predicted molar refractivity (Wildman–Crippen MR) is 61.3 cm³/mol. The predicted octanol–water partition coefficient (Wildman–Crippen LogP) is 1.23. The van der Waals surface area contributed by atoms with Gasteiger partial charge in [0.05, 0.1) is 5.60 Å². The van der Waals surface area contributed by atoms with Gasteiger partial charge in [0.2, 0.25) is 0 Å². The van der Waals surface area contributed by atoms with Gasteiger partial charge in [-0.3, -0.25) is 0 Å². The van der Waals surface area contributed by atoms with Gasteiger partial charge in [0.1, 0.15) is 0 Å². The summed E-state index contributed by atoms with van der Waals surface area (Å²) in [7, 11) is 1.74. The molecule has 0 bridgehead atoms. The Balaban J connectivity index is 3.71. The molecule has 1 unspecified atom stereocenters. The van der Waals surface area contributed by atoms with Crippen molar-refractivity contribution >= 4 is 0 Å². The summed E-state index contributed by atoms with van der Waals surface area (Å²) in [6.45, 7) is 11.2. The highest BCUT2D eigenvalue weighted by Gasteiger charge is 2.17. The summed E-state index contributed by atoms with van der Waals surface area (Å²) in [5.41, 5.74) is 5.60. The molecular formula is C11H26N2O. The largest absolute Gasteiger partial charge is 0.377 e. The van der Waals surface area contributed by atoms with Crippen LogP contribution >= 0.6 is 0 Å². The molecule has 0 aliphatic carbocycles. The van der Waals surface area contributed by atoms with Gasteiger partial charge in [0.15, 0.2) is 0 Å². The number of nitrogens with two attached hydrogens (primary N) is 1. The molecule has 0 aliphatic rings. The molecule has 0 amide bonds. The Morgan fingerprint density at radius 3 is 2.29 bits per heavy atom. The molecule has 14 heavy (non-hydrogen) atoms. The summed E-state index contributed by atoms with van der Waals surface area (Å²) in [6, 6.07) is 0. The van der Waals surface area contributed by atoms with Crippen LogP contribution in [-0.2, 0) is 4.74 Å². The van der Waals surface area contributed by atoms with Gasteiger partial charge in [-0.15, -0.1) is 0 Å². The minimum Gasteiger partial charge on any atom is -0.377 e. The average molecular weight is 202 g/mol. The fourth-order valence-electron chi connectivity index (χ4n) is 1.22. The zero-order chi connectivity index (χ0) is 11.2. The van der Waals surface area contributed by atoms with Crippen molar-refractivity contribution in [3.63, 3.8) is 0 Å². The Hall–Kier alpha value is -0.120. The van der Waals surface area contributed by atoms with E-state index in [4.69, 9.17) is 10.5 Å². The van der Waals surface area contributed by atoms with Gasteiger partial charge in [-0.2, -0.15) is 0 Å². The van der Waals surface area contributed by atoms with E-state index in [0.717, 1.165) is 19.6 Å². The molecule has 0 saturated heterocycles. The molecule has 0 aromatic rings. The maximum atomic E-state index is 5.68. The minimum absolute atomic E-state index is 0.0872. The lowest BCUT2D eigenvalue weighted by atomic mass is 9.96. The van der Waals surface area contributed by atoms with Gasteiger partial charge in [-0.05, 0) is 38.8 Å². The van der Waals surface area contributed by atoms with Gasteiger partial charge >= 0.3 is 0 Å². The first kappa shape index (κ1) is 13.9. The SMILES string of the molecule is COC(C)(C)CNCC(CN)C(C)C. The van der Waals surface area contributed by atoms with Crippen molar-refractivity contribution in [2.45, 2.75) is 33.3 Å². The second-order valence-electron chi connectivity index (χ2n) is 4.83. The highest BCUT2D eigenvalue weighted by Crippen LogP contribution is 2.09. The topological polar surface area (TPSA) is 47.3 Å². The van der Waals surface area contributed by atoms with Crippen LogP contribution in [0.4, 0.5) is 0 Å². The fourth-order valence-corrected chi connectivity index (χ4v) is 1.22. The summed E-state index contributed by atoms with van der Waals surface area (Å²) < 4.78 is 5.32. The van der Waals surface area contributed by atoms with Crippen LogP contribution in [0.3, 0.4) is 0 Å². The average Bonchev–Trinajstić information content (AvgIpc) is 2.12. The van der Waals surface area contributed by atoms with E-state index >= 15 is 0 Å². The first-order valence-corrected chi connectivity index (χ1v) is 5.39. The van der Waals surface area contributed by atoms with Crippen LogP contribution in [0.2, 0.25) is 0 Å². The molecule has 1 atom stereocenters. The van der Waals surface area contributed by atoms with Crippen LogP contribution in [0.15, 0.2) is 0 Å². The van der Waals surface area contributed by atoms with Crippen LogP contribution in [0.1, 0.15) is 27.7 Å². The van der Waals surface area contributed by atoms with Crippen LogP contribution in [0.25, 0.3) is 0 Å². The lowest BCUT2D eigenvalue weighted by molar-refractivity contribution is 0.0223. The fraction of sp³-hybridized carbons (Fsp3) is 1.00. The number of rotatable bonds is 7. The summed E-state index contributed by atoms with van der Waals surface area (Å²) in [4.78, 5) is 0. The monoisotopic (exact) mass is 202 g/mol. The van der Waals surface area contributed by atoms with Crippen LogP contribution in [0.5, 0.6) is 0 Å². The molecule has 0 rings (SSSR count). The molecule has 0 aliphatic heterocycles. The van der Waals surface area contributed by atoms with E-state index in [2.05, 4.69) is 33.0 Å². The molecular weight excluding hydrogens is 176 g/mol. The Labute approximate surface area is 88.4 Å². The number of methoxy groups -OCH3 is 1. The Bertz CT molecular complexity index is 146. The zero-order valence-corrected chi connectivity index (χ0v) is 10.3. The standard InChI is InChI=1S/C11H26N2O/c1-9(2)10(6-12)7-13-8-11(3,4)14-5/h9-10,13H,6-8,12H2,1-5H3. The highest BCUT2D eigenvalue weighted by molar-refractivity contribution is 4.73. The molecule has 0 fully saturated rings. The normalized spacial score (nSPS) is 14.8. The van der Waals surface area contributed by atoms with Gasteiger partial charge in [0.25, 0.3) is 0 Å². The van der Waals surface area contributed by atoms with E-state index in [1.807, 2.05) is 0 Å². The van der Waals surface area contributed by atoms with Crippen LogP contribution in [0, 0.1) is 11.8 Å². The molecule has 3 nitrogen and oxygen atoms in total. The Kier molecular flexibility index (Phi) is 6.33. The van der Waals surface area contributed by atoms with E-state index in [-0.39, 0.29) is 5.60 Å². The first-order chi connectivity index (χ1) is 6.43. The Morgan fingerprint density at radius 2 is 1.93 bits per heavy atom. The lowest BCUT2D eigenvalue weighted by Crippen LogP contribution is -2.41. The third kappa shape index (κ3) is 5.58. The van der Waals surface area contributed by atoms with Crippen molar-refractivity contribution in [3.8, 4) is 0 Å². The maximum absolute atomic E-state index is 5.68.